The van der Waals surface area contributed by atoms with Crippen LogP contribution >= 0.6 is 12.2 Å². The van der Waals surface area contributed by atoms with Crippen molar-refractivity contribution in [1.29, 1.82) is 0 Å². The highest BCUT2D eigenvalue weighted by molar-refractivity contribution is 7.71. The molecule has 0 unspecified atom stereocenters. The lowest BCUT2D eigenvalue weighted by Gasteiger charge is -1.97. The quantitative estimate of drug-likeness (QED) is 0.715. The van der Waals surface area contributed by atoms with Crippen LogP contribution in [0.1, 0.15) is 5.82 Å². The molecule has 5 nitrogen and oxygen atoms in total. The van der Waals surface area contributed by atoms with Gasteiger partial charge in [0.1, 0.15) is 16.2 Å². The molecule has 0 aliphatic carbocycles. The summed E-state index contributed by atoms with van der Waals surface area (Å²) in [6.07, 6.45) is 1.82. The average molecular weight is 207 g/mol. The summed E-state index contributed by atoms with van der Waals surface area (Å²) in [7, 11) is 1.82. The lowest BCUT2D eigenvalue weighted by atomic mass is 10.3. The highest BCUT2D eigenvalue weighted by Crippen LogP contribution is 2.12. The fourth-order valence-electron chi connectivity index (χ4n) is 1.19. The second-order valence-electron chi connectivity index (χ2n) is 3.00. The van der Waals surface area contributed by atoms with Gasteiger partial charge in [-0.1, -0.05) is 17.4 Å². The zero-order valence-electron chi connectivity index (χ0n) is 7.85. The second kappa shape index (κ2) is 3.30. The molecule has 0 saturated heterocycles. The van der Waals surface area contributed by atoms with E-state index in [4.69, 9.17) is 12.2 Å². The molecule has 0 bridgehead atoms. The minimum atomic E-state index is 0.557. The van der Waals surface area contributed by atoms with Crippen molar-refractivity contribution in [2.24, 2.45) is 7.05 Å². The Bertz CT molecular complexity index is 512. The minimum absolute atomic E-state index is 0.557. The number of nitrogens with zero attached hydrogens (tertiary/aromatic N) is 4. The molecule has 0 radical (unpaired) electrons. The molecule has 2 aromatic rings. The van der Waals surface area contributed by atoms with E-state index in [1.54, 1.807) is 10.7 Å². The first kappa shape index (κ1) is 9.01. The van der Waals surface area contributed by atoms with Crippen LogP contribution in [-0.2, 0) is 7.05 Å². The third-order valence-corrected chi connectivity index (χ3v) is 1.95. The summed E-state index contributed by atoms with van der Waals surface area (Å²) in [4.78, 5) is 7.15. The van der Waals surface area contributed by atoms with E-state index in [1.165, 1.54) is 0 Å². The van der Waals surface area contributed by atoms with Crippen LogP contribution in [0, 0.1) is 11.6 Å². The van der Waals surface area contributed by atoms with E-state index >= 15 is 0 Å². The van der Waals surface area contributed by atoms with Gasteiger partial charge in [0.2, 0.25) is 0 Å². The van der Waals surface area contributed by atoms with Gasteiger partial charge in [0.15, 0.2) is 0 Å². The van der Waals surface area contributed by atoms with Crippen LogP contribution in [0.5, 0.6) is 0 Å². The van der Waals surface area contributed by atoms with Gasteiger partial charge in [-0.3, -0.25) is 4.68 Å². The Balaban J connectivity index is 2.56. The standard InChI is InChI=1S/C8H9N5S/c1-5-9-6(3-8(14)10-5)7-4-13(2)12-11-7/h3-4H,1-2H3,(H,9,10,14). The molecule has 2 heterocycles. The summed E-state index contributed by atoms with van der Waals surface area (Å²) in [6, 6.07) is 1.77. The van der Waals surface area contributed by atoms with Gasteiger partial charge in [-0.25, -0.2) is 4.98 Å². The molecule has 0 amide bonds. The maximum Gasteiger partial charge on any atom is 0.130 e. The Morgan fingerprint density at radius 3 is 2.86 bits per heavy atom. The van der Waals surface area contributed by atoms with Crippen molar-refractivity contribution in [3.8, 4) is 11.4 Å². The first-order valence-corrected chi connectivity index (χ1v) is 4.50. The van der Waals surface area contributed by atoms with Gasteiger partial charge in [-0.2, -0.15) is 0 Å². The summed E-state index contributed by atoms with van der Waals surface area (Å²) >= 11 is 5.01. The van der Waals surface area contributed by atoms with Crippen LogP contribution in [0.3, 0.4) is 0 Å². The molecule has 0 aliphatic rings. The van der Waals surface area contributed by atoms with Crippen LogP contribution in [0.25, 0.3) is 11.4 Å². The Morgan fingerprint density at radius 1 is 1.50 bits per heavy atom. The number of hydrogen-bond donors (Lipinski definition) is 1. The molecule has 1 N–H and O–H groups in total. The van der Waals surface area contributed by atoms with Crippen LogP contribution < -0.4 is 0 Å². The Labute approximate surface area is 85.8 Å². The largest absolute Gasteiger partial charge is 0.342 e. The molecule has 14 heavy (non-hydrogen) atoms. The van der Waals surface area contributed by atoms with E-state index in [9.17, 15) is 0 Å². The summed E-state index contributed by atoms with van der Waals surface area (Å²) in [5.41, 5.74) is 1.61. The van der Waals surface area contributed by atoms with Gasteiger partial charge in [-0.05, 0) is 6.92 Å². The number of aryl methyl sites for hydroxylation is 2. The first-order chi connectivity index (χ1) is 6.65. The number of rotatable bonds is 1. The molecule has 0 saturated carbocycles. The molecule has 72 valence electrons. The van der Waals surface area contributed by atoms with Gasteiger partial charge in [0.25, 0.3) is 0 Å². The smallest absolute Gasteiger partial charge is 0.130 e. The summed E-state index contributed by atoms with van der Waals surface area (Å²) < 4.78 is 2.20. The molecule has 2 rings (SSSR count). The van der Waals surface area contributed by atoms with Crippen LogP contribution in [-0.4, -0.2) is 25.0 Å². The van der Waals surface area contributed by atoms with Gasteiger partial charge < -0.3 is 4.98 Å². The fraction of sp³-hybridized carbons (Fsp3) is 0.250. The highest BCUT2D eigenvalue weighted by atomic mass is 32.1. The Kier molecular flexibility index (Phi) is 2.12. The van der Waals surface area contributed by atoms with E-state index < -0.39 is 0 Å². The summed E-state index contributed by atoms with van der Waals surface area (Å²) in [5.74, 6) is 0.776. The lowest BCUT2D eigenvalue weighted by molar-refractivity contribution is 0.715. The molecule has 6 heteroatoms. The van der Waals surface area contributed by atoms with Crippen LogP contribution in [0.2, 0.25) is 0 Å². The molecular weight excluding hydrogens is 198 g/mol. The van der Waals surface area contributed by atoms with Crippen molar-refractivity contribution in [1.82, 2.24) is 25.0 Å². The highest BCUT2D eigenvalue weighted by Gasteiger charge is 2.03. The third-order valence-electron chi connectivity index (χ3n) is 1.74. The number of nitrogens with one attached hydrogen (secondary N) is 1. The second-order valence-corrected chi connectivity index (χ2v) is 3.41. The van der Waals surface area contributed by atoms with Gasteiger partial charge in [0.05, 0.1) is 11.9 Å². The number of hydrogen-bond acceptors (Lipinski definition) is 4. The average Bonchev–Trinajstić information content (AvgIpc) is 2.50. The third kappa shape index (κ3) is 1.69. The monoisotopic (exact) mass is 207 g/mol. The zero-order chi connectivity index (χ0) is 10.1. The molecule has 0 aromatic carbocycles. The normalized spacial score (nSPS) is 10.4. The van der Waals surface area contributed by atoms with Crippen LogP contribution in [0.15, 0.2) is 12.3 Å². The molecule has 0 atom stereocenters. The van der Waals surface area contributed by atoms with Crippen molar-refractivity contribution in [3.05, 3.63) is 22.7 Å². The van der Waals surface area contributed by atoms with Crippen molar-refractivity contribution < 1.29 is 0 Å². The molecule has 0 fully saturated rings. The van der Waals surface area contributed by atoms with E-state index in [-0.39, 0.29) is 0 Å². The van der Waals surface area contributed by atoms with Crippen molar-refractivity contribution in [2.75, 3.05) is 0 Å². The maximum absolute atomic E-state index is 5.01. The van der Waals surface area contributed by atoms with Gasteiger partial charge >= 0.3 is 0 Å². The predicted octanol–water partition coefficient (Wildman–Crippen LogP) is 1.24. The predicted molar refractivity (Wildman–Crippen MR) is 54.2 cm³/mol. The van der Waals surface area contributed by atoms with E-state index in [2.05, 4.69) is 20.3 Å². The SMILES string of the molecule is Cc1nc(=S)cc(-c2cn(C)nn2)[nH]1. The number of aromatic nitrogens is 5. The maximum atomic E-state index is 5.01. The summed E-state index contributed by atoms with van der Waals surface area (Å²) in [5, 5.41) is 7.82. The first-order valence-electron chi connectivity index (χ1n) is 4.10. The molecule has 2 aromatic heterocycles. The minimum Gasteiger partial charge on any atom is -0.342 e. The summed E-state index contributed by atoms with van der Waals surface area (Å²) in [6.45, 7) is 1.86. The van der Waals surface area contributed by atoms with E-state index in [0.29, 0.717) is 4.64 Å². The van der Waals surface area contributed by atoms with Crippen molar-refractivity contribution >= 4 is 12.2 Å². The van der Waals surface area contributed by atoms with Crippen molar-refractivity contribution in [2.45, 2.75) is 6.92 Å². The molecule has 0 aliphatic heterocycles. The Hall–Kier alpha value is -1.56. The van der Waals surface area contributed by atoms with Crippen molar-refractivity contribution in [3.63, 3.8) is 0 Å². The Morgan fingerprint density at radius 2 is 2.29 bits per heavy atom. The lowest BCUT2D eigenvalue weighted by Crippen LogP contribution is -1.91. The number of H-pyrrole nitrogens is 1. The molecule has 0 spiro atoms. The van der Waals surface area contributed by atoms with Gasteiger partial charge in [-0.15, -0.1) is 5.10 Å². The fourth-order valence-corrected chi connectivity index (χ4v) is 1.44. The number of aromatic amines is 1. The van der Waals surface area contributed by atoms with E-state index in [1.807, 2.05) is 20.2 Å². The topological polar surface area (TPSA) is 59.4 Å². The molecular formula is C8H9N5S. The van der Waals surface area contributed by atoms with Crippen LogP contribution in [0.4, 0.5) is 0 Å². The van der Waals surface area contributed by atoms with E-state index in [0.717, 1.165) is 17.2 Å². The zero-order valence-corrected chi connectivity index (χ0v) is 8.67. The van der Waals surface area contributed by atoms with Gasteiger partial charge in [0, 0.05) is 13.1 Å².